The molecule has 5 rings (SSSR count). The van der Waals surface area contributed by atoms with Crippen LogP contribution in [0.5, 0.6) is 0 Å². The van der Waals surface area contributed by atoms with E-state index >= 15 is 0 Å². The van der Waals surface area contributed by atoms with Crippen molar-refractivity contribution in [1.29, 1.82) is 0 Å². The number of hydrogen-bond acceptors (Lipinski definition) is 5. The number of amides is 1. The van der Waals surface area contributed by atoms with Crippen molar-refractivity contribution >= 4 is 28.3 Å². The van der Waals surface area contributed by atoms with Gasteiger partial charge in [-0.1, -0.05) is 31.2 Å². The topological polar surface area (TPSA) is 90.3 Å². The molecule has 198 valence electrons. The van der Waals surface area contributed by atoms with Crippen LogP contribution in [-0.4, -0.2) is 58.6 Å². The molecular formula is C28H29F3N6O. The number of nitrogen functional groups attached to an aromatic ring is 1. The number of piperazine rings is 1. The van der Waals surface area contributed by atoms with E-state index < -0.39 is 17.6 Å². The number of rotatable bonds is 6. The molecule has 10 heteroatoms. The van der Waals surface area contributed by atoms with Crippen LogP contribution in [0.15, 0.2) is 60.7 Å². The number of carbonyl (C=O) groups excluding carboxylic acids is 1. The van der Waals surface area contributed by atoms with Crippen molar-refractivity contribution in [2.45, 2.75) is 19.6 Å². The Morgan fingerprint density at radius 1 is 1.00 bits per heavy atom. The zero-order valence-corrected chi connectivity index (χ0v) is 21.0. The molecule has 3 aromatic carbocycles. The highest BCUT2D eigenvalue weighted by molar-refractivity contribution is 6.04. The molecule has 0 atom stereocenters. The lowest BCUT2D eigenvalue weighted by Crippen LogP contribution is -2.45. The van der Waals surface area contributed by atoms with Crippen molar-refractivity contribution < 1.29 is 18.0 Å². The Hall–Kier alpha value is -3.89. The van der Waals surface area contributed by atoms with Crippen molar-refractivity contribution in [2.75, 3.05) is 43.8 Å². The van der Waals surface area contributed by atoms with Crippen LogP contribution in [0.1, 0.15) is 28.4 Å². The van der Waals surface area contributed by atoms with Crippen molar-refractivity contribution in [1.82, 2.24) is 20.0 Å². The third-order valence-electron chi connectivity index (χ3n) is 7.03. The van der Waals surface area contributed by atoms with Gasteiger partial charge in [0, 0.05) is 49.4 Å². The molecule has 0 bridgehead atoms. The SMILES string of the molecule is CCN1CCN(Cc2ccc(C(=O)Nc3cccc(-c4ccc5c(N)n[nH]c5c4)c3)cc2C(F)(F)F)CC1. The van der Waals surface area contributed by atoms with Gasteiger partial charge in [0.2, 0.25) is 0 Å². The minimum absolute atomic E-state index is 0.0448. The zero-order valence-electron chi connectivity index (χ0n) is 21.0. The number of carbonyl (C=O) groups is 1. The van der Waals surface area contributed by atoms with Gasteiger partial charge in [0.1, 0.15) is 0 Å². The summed E-state index contributed by atoms with van der Waals surface area (Å²) in [6.45, 7) is 6.30. The maximum atomic E-state index is 14.0. The number of alkyl halides is 3. The van der Waals surface area contributed by atoms with E-state index in [-0.39, 0.29) is 17.7 Å². The van der Waals surface area contributed by atoms with Crippen LogP contribution < -0.4 is 11.1 Å². The van der Waals surface area contributed by atoms with Crippen molar-refractivity contribution in [2.24, 2.45) is 0 Å². The zero-order chi connectivity index (χ0) is 26.9. The molecule has 4 N–H and O–H groups in total. The summed E-state index contributed by atoms with van der Waals surface area (Å²) in [5.74, 6) is -0.191. The summed E-state index contributed by atoms with van der Waals surface area (Å²) in [4.78, 5) is 17.3. The van der Waals surface area contributed by atoms with Crippen LogP contribution in [0.4, 0.5) is 24.7 Å². The number of benzene rings is 3. The molecule has 1 saturated heterocycles. The second-order valence-electron chi connectivity index (χ2n) is 9.48. The van der Waals surface area contributed by atoms with Crippen LogP contribution in [-0.2, 0) is 12.7 Å². The molecule has 1 amide bonds. The molecule has 0 radical (unpaired) electrons. The van der Waals surface area contributed by atoms with E-state index in [0.29, 0.717) is 24.6 Å². The predicted molar refractivity (Wildman–Crippen MR) is 143 cm³/mol. The summed E-state index contributed by atoms with van der Waals surface area (Å²) in [5, 5.41) is 10.4. The lowest BCUT2D eigenvalue weighted by Gasteiger charge is -2.34. The van der Waals surface area contributed by atoms with Gasteiger partial charge in [-0.15, -0.1) is 0 Å². The van der Waals surface area contributed by atoms with Gasteiger partial charge < -0.3 is 16.0 Å². The standard InChI is InChI=1S/C28H29F3N6O/c1-2-36-10-12-37(13-11-36)17-21-7-6-20(15-24(21)28(29,30)31)27(38)33-22-5-3-4-18(14-22)19-8-9-23-25(16-19)34-35-26(23)32/h3-9,14-16H,2,10-13,17H2,1H3,(H,33,38)(H3,32,34,35). The van der Waals surface area contributed by atoms with Gasteiger partial charge in [0.25, 0.3) is 5.91 Å². The number of nitrogens with one attached hydrogen (secondary N) is 2. The molecule has 0 unspecified atom stereocenters. The maximum Gasteiger partial charge on any atom is 0.416 e. The Kier molecular flexibility index (Phi) is 7.09. The first-order valence-electron chi connectivity index (χ1n) is 12.5. The summed E-state index contributed by atoms with van der Waals surface area (Å²) in [6, 6.07) is 16.6. The number of halogens is 3. The minimum atomic E-state index is -4.56. The number of nitrogens with zero attached hydrogens (tertiary/aromatic N) is 3. The first-order chi connectivity index (χ1) is 18.2. The predicted octanol–water partition coefficient (Wildman–Crippen LogP) is 5.22. The van der Waals surface area contributed by atoms with E-state index in [9.17, 15) is 18.0 Å². The molecule has 0 saturated carbocycles. The van der Waals surface area contributed by atoms with Crippen LogP contribution >= 0.6 is 0 Å². The smallest absolute Gasteiger partial charge is 0.382 e. The second kappa shape index (κ2) is 10.5. The third-order valence-corrected chi connectivity index (χ3v) is 7.03. The highest BCUT2D eigenvalue weighted by Crippen LogP contribution is 2.34. The quantitative estimate of drug-likeness (QED) is 0.323. The summed E-state index contributed by atoms with van der Waals surface area (Å²) in [5.41, 5.74) is 8.15. The number of fused-ring (bicyclic) bond motifs is 1. The Morgan fingerprint density at radius 2 is 1.74 bits per heavy atom. The van der Waals surface area contributed by atoms with Gasteiger partial charge in [0.15, 0.2) is 5.82 Å². The minimum Gasteiger partial charge on any atom is -0.382 e. The molecule has 1 aromatic heterocycles. The van der Waals surface area contributed by atoms with Crippen LogP contribution in [0.2, 0.25) is 0 Å². The van der Waals surface area contributed by atoms with Gasteiger partial charge >= 0.3 is 6.18 Å². The highest BCUT2D eigenvalue weighted by atomic mass is 19.4. The first-order valence-corrected chi connectivity index (χ1v) is 12.5. The molecule has 2 heterocycles. The molecule has 0 spiro atoms. The van der Waals surface area contributed by atoms with Crippen molar-refractivity contribution in [3.05, 3.63) is 77.4 Å². The number of hydrogen-bond donors (Lipinski definition) is 3. The molecule has 4 aromatic rings. The van der Waals surface area contributed by atoms with E-state index in [2.05, 4.69) is 27.3 Å². The van der Waals surface area contributed by atoms with E-state index in [0.717, 1.165) is 47.7 Å². The fraction of sp³-hybridized carbons (Fsp3) is 0.286. The van der Waals surface area contributed by atoms with Gasteiger partial charge in [-0.25, -0.2) is 0 Å². The second-order valence-corrected chi connectivity index (χ2v) is 9.48. The number of likely N-dealkylation sites (N-methyl/N-ethyl adjacent to an activating group) is 1. The van der Waals surface area contributed by atoms with Gasteiger partial charge in [-0.3, -0.25) is 14.8 Å². The largest absolute Gasteiger partial charge is 0.416 e. The normalized spacial score (nSPS) is 15.2. The maximum absolute atomic E-state index is 14.0. The highest BCUT2D eigenvalue weighted by Gasteiger charge is 2.34. The van der Waals surface area contributed by atoms with Crippen molar-refractivity contribution in [3.8, 4) is 11.1 Å². The molecule has 38 heavy (non-hydrogen) atoms. The van der Waals surface area contributed by atoms with Gasteiger partial charge in [-0.05, 0) is 59.6 Å². The average molecular weight is 523 g/mol. The lowest BCUT2D eigenvalue weighted by atomic mass is 10.0. The number of aromatic amines is 1. The summed E-state index contributed by atoms with van der Waals surface area (Å²) < 4.78 is 41.9. The molecule has 1 aliphatic heterocycles. The molecule has 0 aliphatic carbocycles. The number of nitrogens with two attached hydrogens (primary N) is 1. The monoisotopic (exact) mass is 522 g/mol. The summed E-state index contributed by atoms with van der Waals surface area (Å²) in [7, 11) is 0. The van der Waals surface area contributed by atoms with Gasteiger partial charge in [0.05, 0.1) is 11.1 Å². The fourth-order valence-corrected chi connectivity index (χ4v) is 4.82. The van der Waals surface area contributed by atoms with E-state index in [1.807, 2.05) is 29.2 Å². The first kappa shape index (κ1) is 25.7. The average Bonchev–Trinajstić information content (AvgIpc) is 3.28. The van der Waals surface area contributed by atoms with Crippen molar-refractivity contribution in [3.63, 3.8) is 0 Å². The lowest BCUT2D eigenvalue weighted by molar-refractivity contribution is -0.138. The number of anilines is 2. The van der Waals surface area contributed by atoms with Crippen LogP contribution in [0.3, 0.4) is 0 Å². The summed E-state index contributed by atoms with van der Waals surface area (Å²) in [6.07, 6.45) is -4.56. The van der Waals surface area contributed by atoms with Gasteiger partial charge in [-0.2, -0.15) is 18.3 Å². The Balaban J connectivity index is 1.34. The number of aromatic nitrogens is 2. The molecule has 7 nitrogen and oxygen atoms in total. The Labute approximate surface area is 218 Å². The molecular weight excluding hydrogens is 493 g/mol. The Morgan fingerprint density at radius 3 is 2.47 bits per heavy atom. The fourth-order valence-electron chi connectivity index (χ4n) is 4.82. The van der Waals surface area contributed by atoms with E-state index in [1.165, 1.54) is 12.1 Å². The molecule has 1 aliphatic rings. The van der Waals surface area contributed by atoms with E-state index in [1.54, 1.807) is 18.2 Å². The van der Waals surface area contributed by atoms with E-state index in [4.69, 9.17) is 5.73 Å². The van der Waals surface area contributed by atoms with Crippen LogP contribution in [0, 0.1) is 0 Å². The number of H-pyrrole nitrogens is 1. The Bertz CT molecular complexity index is 1460. The summed E-state index contributed by atoms with van der Waals surface area (Å²) >= 11 is 0. The molecule has 1 fully saturated rings. The third kappa shape index (κ3) is 5.51. The van der Waals surface area contributed by atoms with Crippen LogP contribution in [0.25, 0.3) is 22.0 Å².